The maximum absolute atomic E-state index is 13.6. The van der Waals surface area contributed by atoms with Crippen LogP contribution in [0.4, 0.5) is 4.39 Å². The van der Waals surface area contributed by atoms with Gasteiger partial charge >= 0.3 is 0 Å². The van der Waals surface area contributed by atoms with Crippen LogP contribution >= 0.6 is 11.8 Å². The molecule has 2 rings (SSSR count). The van der Waals surface area contributed by atoms with E-state index >= 15 is 0 Å². The molecule has 1 fully saturated rings. The fourth-order valence-electron chi connectivity index (χ4n) is 2.03. The summed E-state index contributed by atoms with van der Waals surface area (Å²) in [7, 11) is 1.49. The number of ether oxygens (including phenoxy) is 1. The molecule has 1 heterocycles. The lowest BCUT2D eigenvalue weighted by Crippen LogP contribution is -2.30. The van der Waals surface area contributed by atoms with Crippen molar-refractivity contribution in [2.75, 3.05) is 18.6 Å². The molecule has 1 aromatic rings. The van der Waals surface area contributed by atoms with Crippen molar-refractivity contribution in [1.82, 2.24) is 5.32 Å². The zero-order valence-corrected chi connectivity index (χ0v) is 11.0. The number of methoxy groups -OCH3 is 1. The third-order valence-corrected chi connectivity index (χ3v) is 4.14. The van der Waals surface area contributed by atoms with E-state index in [-0.39, 0.29) is 11.9 Å². The first kappa shape index (κ1) is 12.7. The largest absolute Gasteiger partial charge is 0.494 e. The molecule has 1 saturated heterocycles. The van der Waals surface area contributed by atoms with Crippen molar-refractivity contribution in [3.05, 3.63) is 29.6 Å². The average molecular weight is 255 g/mol. The van der Waals surface area contributed by atoms with Gasteiger partial charge in [0.2, 0.25) is 0 Å². The Morgan fingerprint density at radius 1 is 1.47 bits per heavy atom. The summed E-state index contributed by atoms with van der Waals surface area (Å²) in [6, 6.07) is 5.94. The van der Waals surface area contributed by atoms with Gasteiger partial charge in [0.05, 0.1) is 7.11 Å². The van der Waals surface area contributed by atoms with Gasteiger partial charge in [-0.25, -0.2) is 4.39 Å². The summed E-state index contributed by atoms with van der Waals surface area (Å²) in [5, 5.41) is 3.53. The number of nitrogens with one attached hydrogen (secondary N) is 1. The Kier molecular flexibility index (Phi) is 4.29. The quantitative estimate of drug-likeness (QED) is 0.878. The molecule has 1 aliphatic rings. The van der Waals surface area contributed by atoms with Crippen molar-refractivity contribution in [2.45, 2.75) is 25.4 Å². The van der Waals surface area contributed by atoms with Crippen molar-refractivity contribution >= 4 is 11.8 Å². The maximum atomic E-state index is 13.6. The Balaban J connectivity index is 2.17. The fraction of sp³-hybridized carbons (Fsp3) is 0.538. The van der Waals surface area contributed by atoms with Crippen LogP contribution in [-0.4, -0.2) is 24.7 Å². The third-order valence-electron chi connectivity index (χ3n) is 3.04. The molecule has 0 spiro atoms. The monoisotopic (exact) mass is 255 g/mol. The predicted octanol–water partition coefficient (Wildman–Crippen LogP) is 2.99. The lowest BCUT2D eigenvalue weighted by Gasteiger charge is -2.20. The van der Waals surface area contributed by atoms with Crippen molar-refractivity contribution in [2.24, 2.45) is 0 Å². The van der Waals surface area contributed by atoms with Crippen LogP contribution in [0.1, 0.15) is 24.9 Å². The lowest BCUT2D eigenvalue weighted by molar-refractivity contribution is 0.385. The second-order valence-corrected chi connectivity index (χ2v) is 5.53. The molecule has 2 nitrogen and oxygen atoms in total. The molecule has 2 atom stereocenters. The number of halogens is 1. The Morgan fingerprint density at radius 2 is 2.29 bits per heavy atom. The first-order chi connectivity index (χ1) is 8.20. The highest BCUT2D eigenvalue weighted by Crippen LogP contribution is 2.27. The van der Waals surface area contributed by atoms with Gasteiger partial charge in [0.1, 0.15) is 0 Å². The molecular formula is C13H18FNOS. The minimum atomic E-state index is -0.284. The normalized spacial score (nSPS) is 25.4. The van der Waals surface area contributed by atoms with Gasteiger partial charge in [0.25, 0.3) is 0 Å². The van der Waals surface area contributed by atoms with E-state index in [9.17, 15) is 4.39 Å². The van der Waals surface area contributed by atoms with E-state index in [2.05, 4.69) is 12.2 Å². The topological polar surface area (TPSA) is 21.3 Å². The highest BCUT2D eigenvalue weighted by atomic mass is 32.2. The summed E-state index contributed by atoms with van der Waals surface area (Å²) in [6.07, 6.45) is 1.17. The molecule has 1 N–H and O–H groups in total. The van der Waals surface area contributed by atoms with Gasteiger partial charge in [0, 0.05) is 17.8 Å². The van der Waals surface area contributed by atoms with Crippen molar-refractivity contribution in [3.63, 3.8) is 0 Å². The molecule has 1 aromatic carbocycles. The summed E-state index contributed by atoms with van der Waals surface area (Å²) in [5.41, 5.74) is 1.00. The predicted molar refractivity (Wildman–Crippen MR) is 70.2 cm³/mol. The number of thioether (sulfide) groups is 1. The fourth-order valence-corrected chi connectivity index (χ4v) is 3.24. The standard InChI is InChI=1S/C13H18FNOS/c1-9-5-6-17-8-12(15-9)10-3-4-13(16-2)11(14)7-10/h3-4,7,9,12,15H,5-6,8H2,1-2H3. The van der Waals surface area contributed by atoms with Crippen molar-refractivity contribution < 1.29 is 9.13 Å². The Hall–Kier alpha value is -0.740. The molecule has 4 heteroatoms. The van der Waals surface area contributed by atoms with Crippen LogP contribution in [0.15, 0.2) is 18.2 Å². The highest BCUT2D eigenvalue weighted by molar-refractivity contribution is 7.99. The van der Waals surface area contributed by atoms with Gasteiger partial charge in [-0.2, -0.15) is 11.8 Å². The molecule has 0 saturated carbocycles. The van der Waals surface area contributed by atoms with Crippen LogP contribution in [0, 0.1) is 5.82 Å². The van der Waals surface area contributed by atoms with Crippen molar-refractivity contribution in [1.29, 1.82) is 0 Å². The zero-order valence-electron chi connectivity index (χ0n) is 10.2. The lowest BCUT2D eigenvalue weighted by atomic mass is 10.1. The molecule has 0 amide bonds. The first-order valence-corrected chi connectivity index (χ1v) is 7.03. The molecule has 1 aliphatic heterocycles. The molecule has 0 aromatic heterocycles. The van der Waals surface area contributed by atoms with Crippen molar-refractivity contribution in [3.8, 4) is 5.75 Å². The van der Waals surface area contributed by atoms with E-state index in [0.717, 1.165) is 11.3 Å². The Morgan fingerprint density at radius 3 is 3.00 bits per heavy atom. The summed E-state index contributed by atoms with van der Waals surface area (Å²) >= 11 is 1.92. The molecule has 0 radical (unpaired) electrons. The summed E-state index contributed by atoms with van der Waals surface area (Å²) in [5.74, 6) is 2.19. The summed E-state index contributed by atoms with van der Waals surface area (Å²) in [4.78, 5) is 0. The zero-order chi connectivity index (χ0) is 12.3. The van der Waals surface area contributed by atoms with Gasteiger partial charge in [-0.15, -0.1) is 0 Å². The smallest absolute Gasteiger partial charge is 0.165 e. The van der Waals surface area contributed by atoms with Crippen LogP contribution in [0.5, 0.6) is 5.75 Å². The minimum absolute atomic E-state index is 0.234. The number of benzene rings is 1. The Bertz CT molecular complexity index is 386. The van der Waals surface area contributed by atoms with E-state index < -0.39 is 0 Å². The number of rotatable bonds is 2. The van der Waals surface area contributed by atoms with Gasteiger partial charge in [0.15, 0.2) is 11.6 Å². The van der Waals surface area contributed by atoms with Crippen LogP contribution in [0.3, 0.4) is 0 Å². The minimum Gasteiger partial charge on any atom is -0.494 e. The molecule has 17 heavy (non-hydrogen) atoms. The number of hydrogen-bond acceptors (Lipinski definition) is 3. The SMILES string of the molecule is COc1ccc(C2CSCCC(C)N2)cc1F. The van der Waals surface area contributed by atoms with Crippen LogP contribution < -0.4 is 10.1 Å². The highest BCUT2D eigenvalue weighted by Gasteiger charge is 2.19. The van der Waals surface area contributed by atoms with Gasteiger partial charge in [-0.3, -0.25) is 0 Å². The summed E-state index contributed by atoms with van der Waals surface area (Å²) in [6.45, 7) is 2.18. The van der Waals surface area contributed by atoms with E-state index in [1.807, 2.05) is 17.8 Å². The number of hydrogen-bond donors (Lipinski definition) is 1. The second kappa shape index (κ2) is 5.74. The van der Waals surface area contributed by atoms with E-state index in [0.29, 0.717) is 11.8 Å². The molecule has 94 valence electrons. The van der Waals surface area contributed by atoms with Crippen LogP contribution in [0.25, 0.3) is 0 Å². The first-order valence-electron chi connectivity index (χ1n) is 5.88. The average Bonchev–Trinajstić information content (AvgIpc) is 2.54. The summed E-state index contributed by atoms with van der Waals surface area (Å²) < 4.78 is 18.6. The van der Waals surface area contributed by atoms with E-state index in [1.54, 1.807) is 12.1 Å². The van der Waals surface area contributed by atoms with E-state index in [4.69, 9.17) is 4.74 Å². The van der Waals surface area contributed by atoms with Crippen LogP contribution in [-0.2, 0) is 0 Å². The van der Waals surface area contributed by atoms with Gasteiger partial charge < -0.3 is 10.1 Å². The van der Waals surface area contributed by atoms with Crippen LogP contribution in [0.2, 0.25) is 0 Å². The maximum Gasteiger partial charge on any atom is 0.165 e. The second-order valence-electron chi connectivity index (χ2n) is 4.38. The molecule has 0 bridgehead atoms. The molecule has 0 aliphatic carbocycles. The molecular weight excluding hydrogens is 237 g/mol. The third kappa shape index (κ3) is 3.13. The van der Waals surface area contributed by atoms with E-state index in [1.165, 1.54) is 19.3 Å². The van der Waals surface area contributed by atoms with Gasteiger partial charge in [-0.05, 0) is 36.8 Å². The molecule has 2 unspecified atom stereocenters. The Labute approximate surface area is 106 Å². The van der Waals surface area contributed by atoms with Gasteiger partial charge in [-0.1, -0.05) is 6.07 Å².